The first kappa shape index (κ1) is 19.4. The average molecular weight is 415 g/mol. The van der Waals surface area contributed by atoms with Crippen LogP contribution < -0.4 is 5.56 Å². The highest BCUT2D eigenvalue weighted by atomic mass is 32.2. The van der Waals surface area contributed by atoms with Crippen LogP contribution in [-0.2, 0) is 9.73 Å². The fourth-order valence-electron chi connectivity index (χ4n) is 3.18. The number of benzene rings is 2. The van der Waals surface area contributed by atoms with E-state index in [0.717, 1.165) is 0 Å². The molecular formula is C22H17N5O2S. The molecule has 0 saturated heterocycles. The summed E-state index contributed by atoms with van der Waals surface area (Å²) in [6.07, 6.45) is 1.36. The zero-order valence-electron chi connectivity index (χ0n) is 16.0. The molecule has 0 radical (unpaired) electrons. The Morgan fingerprint density at radius 3 is 2.33 bits per heavy atom. The summed E-state index contributed by atoms with van der Waals surface area (Å²) in [6.45, 7) is 1.78. The van der Waals surface area contributed by atoms with E-state index < -0.39 is 9.73 Å². The molecule has 0 unspecified atom stereocenters. The van der Waals surface area contributed by atoms with Gasteiger partial charge in [-0.1, -0.05) is 30.3 Å². The van der Waals surface area contributed by atoms with Gasteiger partial charge in [-0.2, -0.15) is 5.26 Å². The Balaban J connectivity index is 1.72. The van der Waals surface area contributed by atoms with Gasteiger partial charge in [0.05, 0.1) is 27.0 Å². The molecule has 4 aromatic rings. The maximum Gasteiger partial charge on any atom is 0.280 e. The van der Waals surface area contributed by atoms with Gasteiger partial charge < -0.3 is 0 Å². The number of aryl methyl sites for hydroxylation is 1. The van der Waals surface area contributed by atoms with Crippen molar-refractivity contribution in [2.24, 2.45) is 0 Å². The Labute approximate surface area is 173 Å². The molecule has 1 atom stereocenters. The van der Waals surface area contributed by atoms with Crippen LogP contribution in [0.1, 0.15) is 11.3 Å². The van der Waals surface area contributed by atoms with E-state index in [1.54, 1.807) is 73.7 Å². The van der Waals surface area contributed by atoms with Gasteiger partial charge in [-0.25, -0.2) is 18.7 Å². The predicted molar refractivity (Wildman–Crippen MR) is 113 cm³/mol. The van der Waals surface area contributed by atoms with Gasteiger partial charge >= 0.3 is 0 Å². The molecular weight excluding hydrogens is 398 g/mol. The molecule has 0 fully saturated rings. The van der Waals surface area contributed by atoms with E-state index in [9.17, 15) is 9.00 Å². The van der Waals surface area contributed by atoms with E-state index >= 15 is 0 Å². The molecule has 2 aromatic carbocycles. The topological polar surface area (TPSA) is 115 Å². The smallest absolute Gasteiger partial charge is 0.280 e. The van der Waals surface area contributed by atoms with Crippen LogP contribution in [0.15, 0.2) is 87.5 Å². The maximum atomic E-state index is 13.0. The Morgan fingerprint density at radius 1 is 1.03 bits per heavy atom. The molecule has 2 aromatic heterocycles. The summed E-state index contributed by atoms with van der Waals surface area (Å²) in [7, 11) is -3.19. The molecule has 148 valence electrons. The molecule has 7 nitrogen and oxygen atoms in total. The number of nitrogens with zero attached hydrogens (tertiary/aromatic N) is 3. The van der Waals surface area contributed by atoms with Crippen LogP contribution >= 0.6 is 0 Å². The molecule has 30 heavy (non-hydrogen) atoms. The van der Waals surface area contributed by atoms with Crippen LogP contribution in [0.5, 0.6) is 0 Å². The van der Waals surface area contributed by atoms with Gasteiger partial charge in [0, 0.05) is 11.9 Å². The third-order valence-corrected chi connectivity index (χ3v) is 6.57. The summed E-state index contributed by atoms with van der Waals surface area (Å²) in [5.74, 6) is 0.329. The minimum absolute atomic E-state index is 0.265. The number of aromatic amines is 1. The molecule has 2 heterocycles. The number of H-pyrrole nitrogens is 1. The first-order valence-electron chi connectivity index (χ1n) is 9.04. The molecule has 4 rings (SSSR count). The standard InChI is InChI=1S/C22H17N5O2S/c1-15-21(17-9-7-16(13-23)8-10-17)22(28)27(26-15)20-12-11-19(14-25-20)30(24,29)18-5-3-2-4-6-18/h2-12,14,24,26H,1H3/t30-/m1/s1. The number of hydrogen-bond acceptors (Lipinski definition) is 5. The van der Waals surface area contributed by atoms with Crippen molar-refractivity contribution in [3.8, 4) is 23.0 Å². The molecule has 2 N–H and O–H groups in total. The first-order chi connectivity index (χ1) is 14.4. The Hall–Kier alpha value is -3.96. The lowest BCUT2D eigenvalue weighted by atomic mass is 10.1. The van der Waals surface area contributed by atoms with Crippen LogP contribution in [0.2, 0.25) is 0 Å². The fraction of sp³-hybridized carbons (Fsp3) is 0.0455. The van der Waals surface area contributed by atoms with Crippen molar-refractivity contribution >= 4 is 9.73 Å². The van der Waals surface area contributed by atoms with E-state index in [2.05, 4.69) is 16.2 Å². The van der Waals surface area contributed by atoms with Gasteiger partial charge in [-0.05, 0) is 48.9 Å². The molecule has 0 saturated carbocycles. The SMILES string of the molecule is Cc1[nH]n(-c2ccc([S@](=N)(=O)c3ccccc3)cn2)c(=O)c1-c1ccc(C#N)cc1. The summed E-state index contributed by atoms with van der Waals surface area (Å²) in [6, 6.07) is 20.5. The van der Waals surface area contributed by atoms with E-state index in [4.69, 9.17) is 10.0 Å². The van der Waals surface area contributed by atoms with Crippen LogP contribution in [-0.4, -0.2) is 19.0 Å². The fourth-order valence-corrected chi connectivity index (χ4v) is 4.46. The highest BCUT2D eigenvalue weighted by Crippen LogP contribution is 2.22. The number of hydrogen-bond donors (Lipinski definition) is 2. The highest BCUT2D eigenvalue weighted by molar-refractivity contribution is 7.92. The zero-order valence-corrected chi connectivity index (χ0v) is 16.8. The minimum Gasteiger partial charge on any atom is -0.293 e. The third kappa shape index (κ3) is 3.32. The second-order valence-electron chi connectivity index (χ2n) is 6.66. The van der Waals surface area contributed by atoms with Gasteiger partial charge in [0.1, 0.15) is 9.73 Å². The quantitative estimate of drug-likeness (QED) is 0.526. The van der Waals surface area contributed by atoms with Crippen molar-refractivity contribution in [3.05, 3.63) is 94.5 Å². The van der Waals surface area contributed by atoms with Gasteiger partial charge in [0.2, 0.25) is 0 Å². The van der Waals surface area contributed by atoms with Crippen molar-refractivity contribution in [2.45, 2.75) is 16.7 Å². The molecule has 0 aliphatic carbocycles. The van der Waals surface area contributed by atoms with Crippen LogP contribution in [0.25, 0.3) is 16.9 Å². The number of rotatable bonds is 4. The summed E-state index contributed by atoms with van der Waals surface area (Å²) in [5.41, 5.74) is 2.07. The number of aromatic nitrogens is 3. The summed E-state index contributed by atoms with van der Waals surface area (Å²) in [5, 5.41) is 12.0. The van der Waals surface area contributed by atoms with E-state index in [-0.39, 0.29) is 10.5 Å². The van der Waals surface area contributed by atoms with Crippen LogP contribution in [0, 0.1) is 23.0 Å². The monoisotopic (exact) mass is 415 g/mol. The second-order valence-corrected chi connectivity index (χ2v) is 8.72. The number of pyridine rings is 1. The molecule has 0 aliphatic heterocycles. The van der Waals surface area contributed by atoms with Gasteiger partial charge in [0.25, 0.3) is 5.56 Å². The molecule has 0 spiro atoms. The first-order valence-corrected chi connectivity index (χ1v) is 10.6. The number of nitrogens with one attached hydrogen (secondary N) is 2. The van der Waals surface area contributed by atoms with E-state index in [1.807, 2.05) is 0 Å². The Morgan fingerprint density at radius 2 is 1.73 bits per heavy atom. The molecule has 8 heteroatoms. The van der Waals surface area contributed by atoms with Crippen LogP contribution in [0.4, 0.5) is 0 Å². The molecule has 0 aliphatic rings. The van der Waals surface area contributed by atoms with Crippen molar-refractivity contribution in [1.82, 2.24) is 14.8 Å². The lowest BCUT2D eigenvalue weighted by Gasteiger charge is -2.08. The van der Waals surface area contributed by atoms with E-state index in [1.165, 1.54) is 10.9 Å². The largest absolute Gasteiger partial charge is 0.293 e. The van der Waals surface area contributed by atoms with Gasteiger partial charge in [-0.15, -0.1) is 0 Å². The second kappa shape index (κ2) is 7.46. The maximum absolute atomic E-state index is 13.0. The van der Waals surface area contributed by atoms with Crippen molar-refractivity contribution < 1.29 is 4.21 Å². The zero-order chi connectivity index (χ0) is 21.3. The van der Waals surface area contributed by atoms with E-state index in [0.29, 0.717) is 33.1 Å². The lowest BCUT2D eigenvalue weighted by molar-refractivity contribution is 0.674. The third-order valence-electron chi connectivity index (χ3n) is 4.73. The van der Waals surface area contributed by atoms with Crippen LogP contribution in [0.3, 0.4) is 0 Å². The molecule has 0 amide bonds. The normalized spacial score (nSPS) is 12.8. The predicted octanol–water partition coefficient (Wildman–Crippen LogP) is 3.87. The average Bonchev–Trinajstić information content (AvgIpc) is 3.08. The van der Waals surface area contributed by atoms with Gasteiger partial charge in [0.15, 0.2) is 5.82 Å². The highest BCUT2D eigenvalue weighted by Gasteiger charge is 2.17. The minimum atomic E-state index is -3.19. The van der Waals surface area contributed by atoms with Crippen molar-refractivity contribution in [2.75, 3.05) is 0 Å². The van der Waals surface area contributed by atoms with Crippen molar-refractivity contribution in [3.63, 3.8) is 0 Å². The Kier molecular flexibility index (Phi) is 4.82. The summed E-state index contributed by atoms with van der Waals surface area (Å²) >= 11 is 0. The Bertz CT molecular complexity index is 1410. The van der Waals surface area contributed by atoms with Crippen molar-refractivity contribution in [1.29, 1.82) is 10.0 Å². The summed E-state index contributed by atoms with van der Waals surface area (Å²) < 4.78 is 22.5. The summed E-state index contributed by atoms with van der Waals surface area (Å²) in [4.78, 5) is 17.9. The lowest BCUT2D eigenvalue weighted by Crippen LogP contribution is -2.17. The van der Waals surface area contributed by atoms with Gasteiger partial charge in [-0.3, -0.25) is 9.89 Å². The number of nitriles is 1. The molecule has 0 bridgehead atoms.